The fourth-order valence-electron chi connectivity index (χ4n) is 1.60. The number of benzene rings is 1. The third-order valence-corrected chi connectivity index (χ3v) is 2.33. The van der Waals surface area contributed by atoms with E-state index in [4.69, 9.17) is 0 Å². The quantitative estimate of drug-likeness (QED) is 0.720. The van der Waals surface area contributed by atoms with E-state index in [1.54, 1.807) is 0 Å². The summed E-state index contributed by atoms with van der Waals surface area (Å²) in [5.41, 5.74) is 2.61. The van der Waals surface area contributed by atoms with Crippen molar-refractivity contribution >= 4 is 0 Å². The number of hydrogen-bond donors (Lipinski definition) is 0. The normalized spacial score (nSPS) is 10.4. The van der Waals surface area contributed by atoms with Gasteiger partial charge in [0.25, 0.3) is 0 Å². The van der Waals surface area contributed by atoms with Gasteiger partial charge in [-0.1, -0.05) is 30.3 Å². The van der Waals surface area contributed by atoms with E-state index in [9.17, 15) is 0 Å². The zero-order valence-corrected chi connectivity index (χ0v) is 8.35. The first-order valence-corrected chi connectivity index (χ1v) is 4.94. The van der Waals surface area contributed by atoms with Gasteiger partial charge in [0.1, 0.15) is 0 Å². The Morgan fingerprint density at radius 2 is 1.93 bits per heavy atom. The maximum Gasteiger partial charge on any atom is 0.0492 e. The fourth-order valence-corrected chi connectivity index (χ4v) is 1.60. The summed E-state index contributed by atoms with van der Waals surface area (Å²) in [5.74, 6) is 0. The van der Waals surface area contributed by atoms with Crippen LogP contribution in [0.25, 0.3) is 0 Å². The molecule has 14 heavy (non-hydrogen) atoms. The highest BCUT2D eigenvalue weighted by Crippen LogP contribution is 2.08. The minimum atomic E-state index is 0.940. The maximum absolute atomic E-state index is 4.25. The second kappa shape index (κ2) is 4.09. The SMILES string of the molecule is CCn1nccc1Cc1ccccc1. The number of nitrogens with zero attached hydrogens (tertiary/aromatic N) is 2. The van der Waals surface area contributed by atoms with Crippen molar-refractivity contribution in [3.63, 3.8) is 0 Å². The number of hydrogen-bond acceptors (Lipinski definition) is 1. The minimum Gasteiger partial charge on any atom is -0.270 e. The van der Waals surface area contributed by atoms with Crippen molar-refractivity contribution in [3.05, 3.63) is 53.9 Å². The molecule has 0 atom stereocenters. The van der Waals surface area contributed by atoms with Crippen LogP contribution >= 0.6 is 0 Å². The molecule has 72 valence electrons. The number of rotatable bonds is 3. The molecular formula is C12H14N2. The number of aryl methyl sites for hydroxylation is 1. The lowest BCUT2D eigenvalue weighted by Gasteiger charge is -2.04. The molecule has 0 fully saturated rings. The molecular weight excluding hydrogens is 172 g/mol. The highest BCUT2D eigenvalue weighted by atomic mass is 15.3. The predicted molar refractivity (Wildman–Crippen MR) is 57.1 cm³/mol. The molecule has 1 aromatic heterocycles. The van der Waals surface area contributed by atoms with Crippen LogP contribution in [0.4, 0.5) is 0 Å². The smallest absolute Gasteiger partial charge is 0.0492 e. The van der Waals surface area contributed by atoms with Gasteiger partial charge in [0.05, 0.1) is 0 Å². The molecule has 2 heteroatoms. The summed E-state index contributed by atoms with van der Waals surface area (Å²) in [7, 11) is 0. The van der Waals surface area contributed by atoms with E-state index in [0.717, 1.165) is 13.0 Å². The van der Waals surface area contributed by atoms with E-state index in [1.807, 2.05) is 16.9 Å². The first-order chi connectivity index (χ1) is 6.90. The summed E-state index contributed by atoms with van der Waals surface area (Å²) in [4.78, 5) is 0. The van der Waals surface area contributed by atoms with Crippen molar-refractivity contribution in [1.82, 2.24) is 9.78 Å². The molecule has 0 bridgehead atoms. The first kappa shape index (κ1) is 9.00. The van der Waals surface area contributed by atoms with Crippen molar-refractivity contribution < 1.29 is 0 Å². The van der Waals surface area contributed by atoms with Crippen molar-refractivity contribution in [2.75, 3.05) is 0 Å². The van der Waals surface area contributed by atoms with Crippen molar-refractivity contribution in [3.8, 4) is 0 Å². The Labute approximate surface area is 84.2 Å². The van der Waals surface area contributed by atoms with Gasteiger partial charge in [-0.25, -0.2) is 0 Å². The monoisotopic (exact) mass is 186 g/mol. The molecule has 1 heterocycles. The van der Waals surface area contributed by atoms with Crippen LogP contribution in [0.1, 0.15) is 18.2 Å². The van der Waals surface area contributed by atoms with Gasteiger partial charge < -0.3 is 0 Å². The van der Waals surface area contributed by atoms with Crippen molar-refractivity contribution in [1.29, 1.82) is 0 Å². The molecule has 0 N–H and O–H groups in total. The molecule has 0 aliphatic carbocycles. The Balaban J connectivity index is 2.19. The standard InChI is InChI=1S/C12H14N2/c1-2-14-12(8-9-13-14)10-11-6-4-3-5-7-11/h3-9H,2,10H2,1H3. The molecule has 2 nitrogen and oxygen atoms in total. The molecule has 0 radical (unpaired) electrons. The van der Waals surface area contributed by atoms with Crippen LogP contribution < -0.4 is 0 Å². The second-order valence-corrected chi connectivity index (χ2v) is 3.30. The fraction of sp³-hybridized carbons (Fsp3) is 0.250. The van der Waals surface area contributed by atoms with Crippen LogP contribution in [0.3, 0.4) is 0 Å². The summed E-state index contributed by atoms with van der Waals surface area (Å²) in [6.07, 6.45) is 2.83. The summed E-state index contributed by atoms with van der Waals surface area (Å²) in [6, 6.07) is 12.6. The average molecular weight is 186 g/mol. The lowest BCUT2D eigenvalue weighted by atomic mass is 10.1. The lowest BCUT2D eigenvalue weighted by Crippen LogP contribution is -2.02. The zero-order valence-electron chi connectivity index (χ0n) is 8.35. The molecule has 0 aliphatic rings. The Hall–Kier alpha value is -1.57. The Kier molecular flexibility index (Phi) is 2.63. The van der Waals surface area contributed by atoms with Crippen LogP contribution in [0.2, 0.25) is 0 Å². The van der Waals surface area contributed by atoms with Crippen LogP contribution in [0, 0.1) is 0 Å². The lowest BCUT2D eigenvalue weighted by molar-refractivity contribution is 0.630. The predicted octanol–water partition coefficient (Wildman–Crippen LogP) is 2.49. The van der Waals surface area contributed by atoms with Crippen molar-refractivity contribution in [2.24, 2.45) is 0 Å². The summed E-state index contributed by atoms with van der Waals surface area (Å²) >= 11 is 0. The van der Waals surface area contributed by atoms with Crippen LogP contribution in [-0.4, -0.2) is 9.78 Å². The van der Waals surface area contributed by atoms with Gasteiger partial charge in [-0.2, -0.15) is 5.10 Å². The third kappa shape index (κ3) is 1.84. The Bertz CT molecular complexity index is 390. The summed E-state index contributed by atoms with van der Waals surface area (Å²) in [6.45, 7) is 3.05. The molecule has 0 saturated carbocycles. The van der Waals surface area contributed by atoms with E-state index in [2.05, 4.69) is 42.4 Å². The van der Waals surface area contributed by atoms with E-state index in [1.165, 1.54) is 11.3 Å². The highest BCUT2D eigenvalue weighted by Gasteiger charge is 2.00. The molecule has 0 unspecified atom stereocenters. The van der Waals surface area contributed by atoms with E-state index in [0.29, 0.717) is 0 Å². The molecule has 0 amide bonds. The third-order valence-electron chi connectivity index (χ3n) is 2.33. The average Bonchev–Trinajstić information content (AvgIpc) is 2.67. The van der Waals surface area contributed by atoms with Crippen LogP contribution in [0.15, 0.2) is 42.6 Å². The van der Waals surface area contributed by atoms with Gasteiger partial charge in [0, 0.05) is 24.9 Å². The molecule has 2 rings (SSSR count). The zero-order chi connectivity index (χ0) is 9.80. The van der Waals surface area contributed by atoms with Crippen LogP contribution in [0.5, 0.6) is 0 Å². The molecule has 0 spiro atoms. The summed E-state index contributed by atoms with van der Waals surface area (Å²) in [5, 5.41) is 4.25. The van der Waals surface area contributed by atoms with Gasteiger partial charge >= 0.3 is 0 Å². The highest BCUT2D eigenvalue weighted by molar-refractivity contribution is 5.21. The van der Waals surface area contributed by atoms with Gasteiger partial charge in [0.2, 0.25) is 0 Å². The van der Waals surface area contributed by atoms with Gasteiger partial charge in [-0.3, -0.25) is 4.68 Å². The Morgan fingerprint density at radius 1 is 1.14 bits per heavy atom. The molecule has 1 aromatic carbocycles. The van der Waals surface area contributed by atoms with Crippen LogP contribution in [-0.2, 0) is 13.0 Å². The van der Waals surface area contributed by atoms with E-state index >= 15 is 0 Å². The van der Waals surface area contributed by atoms with Crippen molar-refractivity contribution in [2.45, 2.75) is 19.9 Å². The molecule has 0 saturated heterocycles. The van der Waals surface area contributed by atoms with E-state index < -0.39 is 0 Å². The first-order valence-electron chi connectivity index (χ1n) is 4.94. The largest absolute Gasteiger partial charge is 0.270 e. The van der Waals surface area contributed by atoms with E-state index in [-0.39, 0.29) is 0 Å². The van der Waals surface area contributed by atoms with Gasteiger partial charge in [-0.05, 0) is 18.6 Å². The minimum absolute atomic E-state index is 0.940. The number of aromatic nitrogens is 2. The topological polar surface area (TPSA) is 17.8 Å². The Morgan fingerprint density at radius 3 is 2.64 bits per heavy atom. The van der Waals surface area contributed by atoms with Gasteiger partial charge in [-0.15, -0.1) is 0 Å². The second-order valence-electron chi connectivity index (χ2n) is 3.30. The van der Waals surface area contributed by atoms with Gasteiger partial charge in [0.15, 0.2) is 0 Å². The maximum atomic E-state index is 4.25. The summed E-state index contributed by atoms with van der Waals surface area (Å²) < 4.78 is 2.03. The molecule has 0 aliphatic heterocycles. The molecule has 2 aromatic rings.